The Morgan fingerprint density at radius 1 is 0.966 bits per heavy atom. The zero-order chi connectivity index (χ0) is 20.2. The van der Waals surface area contributed by atoms with Crippen molar-refractivity contribution in [2.45, 2.75) is 83.8 Å². The molecule has 0 aliphatic heterocycles. The van der Waals surface area contributed by atoms with Gasteiger partial charge in [0.1, 0.15) is 0 Å². The zero-order valence-electron chi connectivity index (χ0n) is 18.5. The van der Waals surface area contributed by atoms with Gasteiger partial charge in [-0.3, -0.25) is 4.79 Å². The van der Waals surface area contributed by atoms with Crippen molar-refractivity contribution in [3.05, 3.63) is 52.6 Å². The summed E-state index contributed by atoms with van der Waals surface area (Å²) in [7, 11) is -1.22. The number of hydrogen-bond acceptors (Lipinski definition) is 1. The van der Waals surface area contributed by atoms with Crippen LogP contribution in [0, 0.1) is 17.3 Å². The number of ketones is 1. The Bertz CT molecular complexity index is 882. The predicted octanol–water partition coefficient (Wildman–Crippen LogP) is 6.35. The SMILES string of the molecule is C[Si](C)(C)c1ccc(C[C@@]23CCC[C@H]2[C@@H]2CCC4=CC(=O)CCC4=C2CC3)cc1. The molecule has 2 saturated carbocycles. The third-order valence-electron chi connectivity index (χ3n) is 8.63. The molecule has 2 heteroatoms. The van der Waals surface area contributed by atoms with Gasteiger partial charge in [-0.2, -0.15) is 0 Å². The largest absolute Gasteiger partial charge is 0.295 e. The van der Waals surface area contributed by atoms with Crippen LogP contribution >= 0.6 is 0 Å². The van der Waals surface area contributed by atoms with Crippen LogP contribution < -0.4 is 5.19 Å². The van der Waals surface area contributed by atoms with Crippen LogP contribution in [0.5, 0.6) is 0 Å². The maximum atomic E-state index is 11.9. The van der Waals surface area contributed by atoms with Gasteiger partial charge >= 0.3 is 0 Å². The molecule has 0 unspecified atom stereocenters. The lowest BCUT2D eigenvalue weighted by Gasteiger charge is -2.49. The summed E-state index contributed by atoms with van der Waals surface area (Å²) in [6.07, 6.45) is 14.4. The molecule has 3 atom stereocenters. The van der Waals surface area contributed by atoms with Crippen molar-refractivity contribution in [2.75, 3.05) is 0 Å². The minimum atomic E-state index is -1.22. The van der Waals surface area contributed by atoms with Crippen LogP contribution in [0.3, 0.4) is 0 Å². The highest BCUT2D eigenvalue weighted by Crippen LogP contribution is 2.61. The Morgan fingerprint density at radius 2 is 1.76 bits per heavy atom. The molecular formula is C27H36OSi. The average Bonchev–Trinajstić information content (AvgIpc) is 3.11. The zero-order valence-corrected chi connectivity index (χ0v) is 19.5. The molecule has 1 nitrogen and oxygen atoms in total. The van der Waals surface area contributed by atoms with Gasteiger partial charge in [0.15, 0.2) is 5.78 Å². The summed E-state index contributed by atoms with van der Waals surface area (Å²) < 4.78 is 0. The second-order valence-electron chi connectivity index (χ2n) is 11.3. The normalized spacial score (nSPS) is 31.8. The van der Waals surface area contributed by atoms with Crippen molar-refractivity contribution in [3.8, 4) is 0 Å². The van der Waals surface area contributed by atoms with E-state index in [1.807, 2.05) is 6.08 Å². The quantitative estimate of drug-likeness (QED) is 0.536. The Balaban J connectivity index is 1.42. The molecule has 0 radical (unpaired) electrons. The molecule has 0 N–H and O–H groups in total. The van der Waals surface area contributed by atoms with E-state index in [0.29, 0.717) is 11.2 Å². The van der Waals surface area contributed by atoms with Crippen LogP contribution in [0.2, 0.25) is 19.6 Å². The fourth-order valence-corrected chi connectivity index (χ4v) is 8.33. The minimum Gasteiger partial charge on any atom is -0.295 e. The third kappa shape index (κ3) is 3.42. The highest BCUT2D eigenvalue weighted by Gasteiger charge is 2.51. The summed E-state index contributed by atoms with van der Waals surface area (Å²) in [5, 5.41) is 1.58. The Hall–Kier alpha value is -1.41. The van der Waals surface area contributed by atoms with E-state index in [0.717, 1.165) is 31.1 Å². The molecule has 0 amide bonds. The molecule has 4 aliphatic rings. The van der Waals surface area contributed by atoms with Crippen LogP contribution in [-0.2, 0) is 11.2 Å². The van der Waals surface area contributed by atoms with Crippen LogP contribution in [-0.4, -0.2) is 13.9 Å². The van der Waals surface area contributed by atoms with Gasteiger partial charge in [-0.05, 0) is 91.4 Å². The van der Waals surface area contributed by atoms with Crippen LogP contribution in [0.15, 0.2) is 47.1 Å². The highest BCUT2D eigenvalue weighted by atomic mass is 28.3. The number of rotatable bonds is 3. The van der Waals surface area contributed by atoms with Crippen LogP contribution in [0.25, 0.3) is 0 Å². The Labute approximate surface area is 177 Å². The number of benzene rings is 1. The van der Waals surface area contributed by atoms with E-state index in [1.54, 1.807) is 21.9 Å². The smallest absolute Gasteiger partial charge is 0.156 e. The van der Waals surface area contributed by atoms with Crippen molar-refractivity contribution >= 4 is 19.0 Å². The summed E-state index contributed by atoms with van der Waals surface area (Å²) in [5.41, 5.74) is 6.88. The van der Waals surface area contributed by atoms with Crippen molar-refractivity contribution in [1.29, 1.82) is 0 Å². The molecule has 154 valence electrons. The first-order valence-electron chi connectivity index (χ1n) is 11.9. The maximum Gasteiger partial charge on any atom is 0.156 e. The average molecular weight is 405 g/mol. The number of carbonyl (C=O) groups is 1. The van der Waals surface area contributed by atoms with Gasteiger partial charge in [0.25, 0.3) is 0 Å². The first-order valence-corrected chi connectivity index (χ1v) is 15.4. The molecule has 0 aromatic heterocycles. The van der Waals surface area contributed by atoms with Gasteiger partial charge in [0, 0.05) is 6.42 Å². The number of allylic oxidation sites excluding steroid dienone is 4. The molecule has 0 heterocycles. The van der Waals surface area contributed by atoms with E-state index in [9.17, 15) is 4.79 Å². The lowest BCUT2D eigenvalue weighted by atomic mass is 9.56. The van der Waals surface area contributed by atoms with Gasteiger partial charge in [-0.1, -0.05) is 61.1 Å². The fraction of sp³-hybridized carbons (Fsp3) is 0.593. The number of carbonyl (C=O) groups excluding carboxylic acids is 1. The van der Waals surface area contributed by atoms with Crippen molar-refractivity contribution in [1.82, 2.24) is 0 Å². The molecule has 5 rings (SSSR count). The summed E-state index contributed by atoms with van der Waals surface area (Å²) in [6.45, 7) is 7.32. The number of hydrogen-bond donors (Lipinski definition) is 0. The summed E-state index contributed by atoms with van der Waals surface area (Å²) in [6, 6.07) is 9.74. The van der Waals surface area contributed by atoms with Gasteiger partial charge in [0.2, 0.25) is 0 Å². The fourth-order valence-electron chi connectivity index (χ4n) is 7.17. The van der Waals surface area contributed by atoms with E-state index in [2.05, 4.69) is 43.9 Å². The van der Waals surface area contributed by atoms with E-state index in [4.69, 9.17) is 0 Å². The van der Waals surface area contributed by atoms with E-state index >= 15 is 0 Å². The second-order valence-corrected chi connectivity index (χ2v) is 16.3. The van der Waals surface area contributed by atoms with Gasteiger partial charge in [0.05, 0.1) is 8.07 Å². The first-order chi connectivity index (χ1) is 13.9. The minimum absolute atomic E-state index is 0.357. The Morgan fingerprint density at radius 3 is 2.52 bits per heavy atom. The summed E-state index contributed by atoms with van der Waals surface area (Å²) in [4.78, 5) is 11.9. The first kappa shape index (κ1) is 19.5. The molecule has 2 fully saturated rings. The number of fused-ring (bicyclic) bond motifs is 4. The molecule has 4 aliphatic carbocycles. The molecule has 0 saturated heterocycles. The summed E-state index contributed by atoms with van der Waals surface area (Å²) >= 11 is 0. The standard InChI is InChI=1S/C27H36OSi/c1-29(2,3)22-10-6-19(7-11-22)18-27-15-4-5-26(27)25-12-8-20-17-21(28)9-13-23(20)24(25)14-16-27/h6-7,10-11,17,25-26H,4-5,8-9,12-16,18H2,1-3H3/t25-,26+,27+/m1/s1. The predicted molar refractivity (Wildman–Crippen MR) is 124 cm³/mol. The summed E-state index contributed by atoms with van der Waals surface area (Å²) in [5.74, 6) is 2.03. The molecule has 0 bridgehead atoms. The van der Waals surface area contributed by atoms with Crippen molar-refractivity contribution in [3.63, 3.8) is 0 Å². The lowest BCUT2D eigenvalue weighted by Crippen LogP contribution is -2.40. The molecule has 1 aromatic rings. The highest BCUT2D eigenvalue weighted by molar-refractivity contribution is 6.88. The lowest BCUT2D eigenvalue weighted by molar-refractivity contribution is -0.114. The van der Waals surface area contributed by atoms with Crippen molar-refractivity contribution < 1.29 is 4.79 Å². The van der Waals surface area contributed by atoms with Crippen LogP contribution in [0.4, 0.5) is 0 Å². The molecule has 29 heavy (non-hydrogen) atoms. The molecular weight excluding hydrogens is 368 g/mol. The van der Waals surface area contributed by atoms with Gasteiger partial charge in [-0.25, -0.2) is 0 Å². The topological polar surface area (TPSA) is 17.1 Å². The van der Waals surface area contributed by atoms with Gasteiger partial charge in [-0.15, -0.1) is 0 Å². The third-order valence-corrected chi connectivity index (χ3v) is 10.7. The van der Waals surface area contributed by atoms with Crippen LogP contribution in [0.1, 0.15) is 63.4 Å². The maximum absolute atomic E-state index is 11.9. The Kier molecular flexibility index (Phi) is 4.77. The molecule has 1 aromatic carbocycles. The second kappa shape index (κ2) is 7.08. The molecule has 0 spiro atoms. The van der Waals surface area contributed by atoms with E-state index in [-0.39, 0.29) is 0 Å². The van der Waals surface area contributed by atoms with Gasteiger partial charge < -0.3 is 0 Å². The van der Waals surface area contributed by atoms with E-state index < -0.39 is 8.07 Å². The monoisotopic (exact) mass is 404 g/mol. The van der Waals surface area contributed by atoms with Crippen molar-refractivity contribution in [2.24, 2.45) is 17.3 Å². The van der Waals surface area contributed by atoms with E-state index in [1.165, 1.54) is 50.5 Å².